The minimum Gasteiger partial charge on any atom is -0.489 e. The third-order valence-corrected chi connectivity index (χ3v) is 1.74. The maximum absolute atomic E-state index is 11.1. The van der Waals surface area contributed by atoms with Gasteiger partial charge < -0.3 is 9.47 Å². The number of imide groups is 1. The Hall–Kier alpha value is -1.78. The van der Waals surface area contributed by atoms with E-state index in [1.54, 1.807) is 18.2 Å². The van der Waals surface area contributed by atoms with Gasteiger partial charge in [0.2, 0.25) is 6.10 Å². The Balaban J connectivity index is 2.09. The zero-order valence-electron chi connectivity index (χ0n) is 6.60. The first-order valence-electron chi connectivity index (χ1n) is 3.77. The van der Waals surface area contributed by atoms with Crippen LogP contribution in [0, 0.1) is 0 Å². The third kappa shape index (κ3) is 1.40. The molecule has 0 radical (unpaired) electrons. The summed E-state index contributed by atoms with van der Waals surface area (Å²) in [4.78, 5) is 21.7. The van der Waals surface area contributed by atoms with Gasteiger partial charge in [-0.2, -0.15) is 0 Å². The van der Waals surface area contributed by atoms with E-state index < -0.39 is 24.2 Å². The highest BCUT2D eigenvalue weighted by Crippen LogP contribution is 2.14. The standard InChI is InChI=1S/C8H7NO4/c10-7-6(13-8(11)9-7)5-3-1-2-4-12-5/h1-6H,(H,9,10,11). The molecule has 0 spiro atoms. The molecule has 1 saturated heterocycles. The second-order valence-electron chi connectivity index (χ2n) is 2.63. The largest absolute Gasteiger partial charge is 0.489 e. The van der Waals surface area contributed by atoms with Crippen LogP contribution in [-0.4, -0.2) is 24.2 Å². The van der Waals surface area contributed by atoms with Crippen LogP contribution in [0.2, 0.25) is 0 Å². The number of amides is 2. The van der Waals surface area contributed by atoms with Crippen LogP contribution in [-0.2, 0) is 14.3 Å². The predicted molar refractivity (Wildman–Crippen MR) is 41.6 cm³/mol. The molecule has 0 saturated carbocycles. The molecule has 2 unspecified atom stereocenters. The van der Waals surface area contributed by atoms with Crippen molar-refractivity contribution in [2.24, 2.45) is 0 Å². The summed E-state index contributed by atoms with van der Waals surface area (Å²) in [5.74, 6) is -0.463. The summed E-state index contributed by atoms with van der Waals surface area (Å²) in [5, 5.41) is 2.03. The lowest BCUT2D eigenvalue weighted by Gasteiger charge is -2.17. The van der Waals surface area contributed by atoms with Gasteiger partial charge in [-0.25, -0.2) is 4.79 Å². The third-order valence-electron chi connectivity index (χ3n) is 1.74. The fraction of sp³-hybridized carbons (Fsp3) is 0.250. The number of hydrogen-bond acceptors (Lipinski definition) is 4. The highest BCUT2D eigenvalue weighted by molar-refractivity contribution is 6.00. The van der Waals surface area contributed by atoms with E-state index >= 15 is 0 Å². The smallest absolute Gasteiger partial charge is 0.414 e. The van der Waals surface area contributed by atoms with Gasteiger partial charge in [0, 0.05) is 0 Å². The Morgan fingerprint density at radius 2 is 2.15 bits per heavy atom. The van der Waals surface area contributed by atoms with Crippen molar-refractivity contribution < 1.29 is 19.1 Å². The first-order chi connectivity index (χ1) is 6.27. The van der Waals surface area contributed by atoms with Crippen molar-refractivity contribution in [3.63, 3.8) is 0 Å². The number of cyclic esters (lactones) is 1. The van der Waals surface area contributed by atoms with Gasteiger partial charge in [0.1, 0.15) is 0 Å². The molecule has 0 bridgehead atoms. The maximum Gasteiger partial charge on any atom is 0.414 e. The lowest BCUT2D eigenvalue weighted by Crippen LogP contribution is -2.35. The summed E-state index contributed by atoms with van der Waals surface area (Å²) in [7, 11) is 0. The first kappa shape index (κ1) is 7.85. The zero-order valence-corrected chi connectivity index (χ0v) is 6.60. The molecule has 0 aromatic carbocycles. The molecule has 2 atom stereocenters. The molecule has 0 aromatic heterocycles. The van der Waals surface area contributed by atoms with Crippen LogP contribution < -0.4 is 5.32 Å². The summed E-state index contributed by atoms with van der Waals surface area (Å²) in [6.07, 6.45) is 4.41. The molecular formula is C8H7NO4. The Kier molecular flexibility index (Phi) is 1.77. The summed E-state index contributed by atoms with van der Waals surface area (Å²) in [6, 6.07) is 0. The zero-order chi connectivity index (χ0) is 9.26. The van der Waals surface area contributed by atoms with Crippen LogP contribution in [0.5, 0.6) is 0 Å². The van der Waals surface area contributed by atoms with E-state index in [1.165, 1.54) is 6.26 Å². The van der Waals surface area contributed by atoms with Crippen LogP contribution in [0.4, 0.5) is 4.79 Å². The highest BCUT2D eigenvalue weighted by Gasteiger charge is 2.38. The number of allylic oxidation sites excluding steroid dienone is 2. The van der Waals surface area contributed by atoms with Crippen LogP contribution >= 0.6 is 0 Å². The van der Waals surface area contributed by atoms with Crippen molar-refractivity contribution in [1.82, 2.24) is 5.32 Å². The van der Waals surface area contributed by atoms with Crippen LogP contribution in [0.15, 0.2) is 24.5 Å². The number of rotatable bonds is 1. The Morgan fingerprint density at radius 1 is 1.31 bits per heavy atom. The lowest BCUT2D eigenvalue weighted by molar-refractivity contribution is -0.126. The molecule has 1 fully saturated rings. The van der Waals surface area contributed by atoms with Crippen molar-refractivity contribution in [3.05, 3.63) is 24.5 Å². The van der Waals surface area contributed by atoms with Crippen molar-refractivity contribution in [2.75, 3.05) is 0 Å². The second kappa shape index (κ2) is 2.93. The fourth-order valence-corrected chi connectivity index (χ4v) is 1.16. The van der Waals surface area contributed by atoms with E-state index in [0.717, 1.165) is 0 Å². The van der Waals surface area contributed by atoms with Crippen LogP contribution in [0.25, 0.3) is 0 Å². The lowest BCUT2D eigenvalue weighted by atomic mass is 10.1. The monoisotopic (exact) mass is 181 g/mol. The Labute approximate surface area is 74.0 Å². The fourth-order valence-electron chi connectivity index (χ4n) is 1.16. The van der Waals surface area contributed by atoms with Gasteiger partial charge in [-0.05, 0) is 12.2 Å². The molecule has 13 heavy (non-hydrogen) atoms. The first-order valence-corrected chi connectivity index (χ1v) is 3.77. The molecule has 0 aliphatic carbocycles. The molecule has 1 N–H and O–H groups in total. The van der Waals surface area contributed by atoms with Gasteiger partial charge >= 0.3 is 6.09 Å². The topological polar surface area (TPSA) is 64.6 Å². The average Bonchev–Trinajstić information content (AvgIpc) is 2.47. The number of alkyl carbamates (subject to hydrolysis) is 1. The van der Waals surface area contributed by atoms with Gasteiger partial charge in [0.25, 0.3) is 5.91 Å². The molecule has 2 heterocycles. The summed E-state index contributed by atoms with van der Waals surface area (Å²) in [5.41, 5.74) is 0. The van der Waals surface area contributed by atoms with Gasteiger partial charge in [-0.15, -0.1) is 0 Å². The normalized spacial score (nSPS) is 31.1. The molecule has 5 heteroatoms. The number of hydrogen-bond donors (Lipinski definition) is 1. The van der Waals surface area contributed by atoms with E-state index in [1.807, 2.05) is 5.32 Å². The summed E-state index contributed by atoms with van der Waals surface area (Å²) in [6.45, 7) is 0. The number of nitrogens with one attached hydrogen (secondary N) is 1. The SMILES string of the molecule is O=C1NC(=O)C(C2C=CC=CO2)O1. The van der Waals surface area contributed by atoms with Crippen molar-refractivity contribution >= 4 is 12.0 Å². The number of carbonyl (C=O) groups is 2. The molecule has 2 rings (SSSR count). The molecular weight excluding hydrogens is 174 g/mol. The van der Waals surface area contributed by atoms with E-state index in [0.29, 0.717) is 0 Å². The highest BCUT2D eigenvalue weighted by atomic mass is 16.6. The minimum atomic E-state index is -0.867. The predicted octanol–water partition coefficient (Wildman–Crippen LogP) is 0.0901. The molecule has 0 aromatic rings. The van der Waals surface area contributed by atoms with E-state index in [-0.39, 0.29) is 0 Å². The quantitative estimate of drug-likeness (QED) is 0.622. The number of ether oxygens (including phenoxy) is 2. The van der Waals surface area contributed by atoms with Crippen molar-refractivity contribution in [3.8, 4) is 0 Å². The minimum absolute atomic E-state index is 0.463. The van der Waals surface area contributed by atoms with Gasteiger partial charge in [-0.1, -0.05) is 6.08 Å². The van der Waals surface area contributed by atoms with Crippen molar-refractivity contribution in [2.45, 2.75) is 12.2 Å². The van der Waals surface area contributed by atoms with E-state index in [9.17, 15) is 9.59 Å². The molecule has 2 aliphatic rings. The van der Waals surface area contributed by atoms with Gasteiger partial charge in [-0.3, -0.25) is 10.1 Å². The van der Waals surface area contributed by atoms with E-state index in [4.69, 9.17) is 9.47 Å². The van der Waals surface area contributed by atoms with Crippen LogP contribution in [0.3, 0.4) is 0 Å². The maximum atomic E-state index is 11.1. The summed E-state index contributed by atoms with van der Waals surface area (Å²) >= 11 is 0. The Morgan fingerprint density at radius 3 is 2.69 bits per heavy atom. The molecule has 2 amide bonds. The van der Waals surface area contributed by atoms with E-state index in [2.05, 4.69) is 0 Å². The van der Waals surface area contributed by atoms with Crippen LogP contribution in [0.1, 0.15) is 0 Å². The average molecular weight is 181 g/mol. The number of carbonyl (C=O) groups excluding carboxylic acids is 2. The summed E-state index contributed by atoms with van der Waals surface area (Å²) < 4.78 is 9.78. The van der Waals surface area contributed by atoms with Crippen molar-refractivity contribution in [1.29, 1.82) is 0 Å². The molecule has 68 valence electrons. The second-order valence-corrected chi connectivity index (χ2v) is 2.63. The molecule has 5 nitrogen and oxygen atoms in total. The van der Waals surface area contributed by atoms with Gasteiger partial charge in [0.15, 0.2) is 6.10 Å². The molecule has 2 aliphatic heterocycles. The Bertz CT molecular complexity index is 307. The van der Waals surface area contributed by atoms with Gasteiger partial charge in [0.05, 0.1) is 6.26 Å².